The van der Waals surface area contributed by atoms with E-state index in [0.29, 0.717) is 12.1 Å². The highest BCUT2D eigenvalue weighted by Gasteiger charge is 2.22. The summed E-state index contributed by atoms with van der Waals surface area (Å²) in [7, 11) is 0. The summed E-state index contributed by atoms with van der Waals surface area (Å²) < 4.78 is 57.0. The zero-order chi connectivity index (χ0) is 19.0. The number of aromatic nitrogens is 1. The van der Waals surface area contributed by atoms with Crippen LogP contribution in [0.3, 0.4) is 0 Å². The molecule has 0 atom stereocenters. The second-order valence-corrected chi connectivity index (χ2v) is 5.95. The molecule has 7 heteroatoms. The molecule has 26 heavy (non-hydrogen) atoms. The van der Waals surface area contributed by atoms with Crippen LogP contribution in [0.5, 0.6) is 0 Å². The Morgan fingerprint density at radius 3 is 2.15 bits per heavy atom. The van der Waals surface area contributed by atoms with E-state index in [2.05, 4.69) is 0 Å². The van der Waals surface area contributed by atoms with Crippen LogP contribution in [-0.2, 0) is 6.54 Å². The van der Waals surface area contributed by atoms with Gasteiger partial charge in [0.25, 0.3) is 5.56 Å². The molecule has 2 aromatic carbocycles. The summed E-state index contributed by atoms with van der Waals surface area (Å²) in [6.07, 6.45) is 0. The monoisotopic (exact) mass is 381 g/mol. The number of rotatable bonds is 3. The first kappa shape index (κ1) is 18.2. The Kier molecular flexibility index (Phi) is 4.87. The van der Waals surface area contributed by atoms with Gasteiger partial charge < -0.3 is 4.57 Å². The number of benzene rings is 2. The molecule has 3 rings (SSSR count). The second-order valence-electron chi connectivity index (χ2n) is 5.55. The van der Waals surface area contributed by atoms with Gasteiger partial charge >= 0.3 is 0 Å². The number of halogens is 5. The van der Waals surface area contributed by atoms with E-state index in [9.17, 15) is 22.4 Å². The molecule has 0 saturated heterocycles. The van der Waals surface area contributed by atoms with Gasteiger partial charge in [0.1, 0.15) is 23.3 Å². The minimum absolute atomic E-state index is 0.0885. The van der Waals surface area contributed by atoms with E-state index in [1.54, 1.807) is 6.92 Å². The fraction of sp³-hybridized carbons (Fsp3) is 0.105. The van der Waals surface area contributed by atoms with Crippen molar-refractivity contribution in [3.63, 3.8) is 0 Å². The third-order valence-corrected chi connectivity index (χ3v) is 4.29. The van der Waals surface area contributed by atoms with E-state index in [1.807, 2.05) is 0 Å². The highest BCUT2D eigenvalue weighted by molar-refractivity contribution is 6.33. The van der Waals surface area contributed by atoms with Crippen LogP contribution >= 0.6 is 11.6 Å². The van der Waals surface area contributed by atoms with E-state index < -0.39 is 34.4 Å². The van der Waals surface area contributed by atoms with Crippen LogP contribution in [0.4, 0.5) is 17.6 Å². The minimum atomic E-state index is -1.18. The van der Waals surface area contributed by atoms with Crippen molar-refractivity contribution in [2.75, 3.05) is 0 Å². The van der Waals surface area contributed by atoms with Crippen LogP contribution in [0.2, 0.25) is 5.02 Å². The largest absolute Gasteiger partial charge is 0.308 e. The van der Waals surface area contributed by atoms with Gasteiger partial charge in [0.15, 0.2) is 0 Å². The summed E-state index contributed by atoms with van der Waals surface area (Å²) >= 11 is 6.13. The van der Waals surface area contributed by atoms with E-state index >= 15 is 0 Å². The molecule has 0 radical (unpaired) electrons. The summed E-state index contributed by atoms with van der Waals surface area (Å²) in [6, 6.07) is 7.09. The fourth-order valence-electron chi connectivity index (χ4n) is 2.85. The zero-order valence-electron chi connectivity index (χ0n) is 13.5. The number of nitrogens with zero attached hydrogens (tertiary/aromatic N) is 1. The Labute approximate surface area is 151 Å². The molecule has 2 nitrogen and oxygen atoms in total. The van der Waals surface area contributed by atoms with Gasteiger partial charge in [-0.25, -0.2) is 17.6 Å². The Bertz CT molecular complexity index is 1040. The predicted octanol–water partition coefficient (Wildman–Crippen LogP) is 5.41. The summed E-state index contributed by atoms with van der Waals surface area (Å²) in [5.74, 6) is -4.05. The van der Waals surface area contributed by atoms with Crippen LogP contribution < -0.4 is 5.56 Å². The van der Waals surface area contributed by atoms with Crippen LogP contribution in [0, 0.1) is 23.3 Å². The van der Waals surface area contributed by atoms with Gasteiger partial charge in [-0.1, -0.05) is 11.6 Å². The third kappa shape index (κ3) is 3.12. The van der Waals surface area contributed by atoms with Crippen molar-refractivity contribution < 1.29 is 17.6 Å². The smallest absolute Gasteiger partial charge is 0.251 e. The topological polar surface area (TPSA) is 22.0 Å². The molecule has 0 spiro atoms. The maximum absolute atomic E-state index is 14.4. The summed E-state index contributed by atoms with van der Waals surface area (Å²) in [5, 5.41) is 0.136. The van der Waals surface area contributed by atoms with Crippen molar-refractivity contribution in [2.45, 2.75) is 13.5 Å². The Balaban J connectivity index is 2.47. The molecule has 0 aliphatic heterocycles. The number of pyridine rings is 1. The molecular weight excluding hydrogens is 370 g/mol. The van der Waals surface area contributed by atoms with Gasteiger partial charge in [0.2, 0.25) is 0 Å². The molecular formula is C19H12ClF4NO. The van der Waals surface area contributed by atoms with Crippen molar-refractivity contribution in [1.82, 2.24) is 4.57 Å². The van der Waals surface area contributed by atoms with Gasteiger partial charge in [-0.2, -0.15) is 0 Å². The Hall–Kier alpha value is -2.60. The summed E-state index contributed by atoms with van der Waals surface area (Å²) in [5.41, 5.74) is -0.918. The highest BCUT2D eigenvalue weighted by atomic mass is 35.5. The average molecular weight is 382 g/mol. The molecule has 0 fully saturated rings. The van der Waals surface area contributed by atoms with Crippen LogP contribution in [0.15, 0.2) is 47.3 Å². The number of hydrogen-bond acceptors (Lipinski definition) is 1. The normalized spacial score (nSPS) is 11.0. The Morgan fingerprint density at radius 2 is 1.54 bits per heavy atom. The molecule has 0 N–H and O–H groups in total. The SMILES string of the molecule is CCn1c(-c2c(F)cc(F)cc2F)c(-c2cc(F)ccc2Cl)ccc1=O. The van der Waals surface area contributed by atoms with Crippen molar-refractivity contribution in [2.24, 2.45) is 0 Å². The van der Waals surface area contributed by atoms with Gasteiger partial charge in [-0.15, -0.1) is 0 Å². The lowest BCUT2D eigenvalue weighted by Crippen LogP contribution is -2.21. The van der Waals surface area contributed by atoms with E-state index in [4.69, 9.17) is 11.6 Å². The minimum Gasteiger partial charge on any atom is -0.308 e. The molecule has 1 heterocycles. The van der Waals surface area contributed by atoms with Gasteiger partial charge in [-0.05, 0) is 31.2 Å². The predicted molar refractivity (Wildman–Crippen MR) is 92.1 cm³/mol. The maximum atomic E-state index is 14.4. The lowest BCUT2D eigenvalue weighted by molar-refractivity contribution is 0.545. The van der Waals surface area contributed by atoms with Crippen LogP contribution in [-0.4, -0.2) is 4.57 Å². The molecule has 0 bridgehead atoms. The van der Waals surface area contributed by atoms with E-state index in [0.717, 1.165) is 16.7 Å². The zero-order valence-corrected chi connectivity index (χ0v) is 14.2. The van der Waals surface area contributed by atoms with E-state index in [-0.39, 0.29) is 28.4 Å². The van der Waals surface area contributed by atoms with Gasteiger partial charge in [-0.3, -0.25) is 4.79 Å². The Morgan fingerprint density at radius 1 is 0.885 bits per heavy atom. The first-order valence-electron chi connectivity index (χ1n) is 7.67. The quantitative estimate of drug-likeness (QED) is 0.556. The average Bonchev–Trinajstić information content (AvgIpc) is 2.57. The highest BCUT2D eigenvalue weighted by Crippen LogP contribution is 2.38. The molecule has 3 aromatic rings. The van der Waals surface area contributed by atoms with Crippen molar-refractivity contribution in [3.05, 3.63) is 81.1 Å². The molecule has 0 aliphatic carbocycles. The molecule has 0 saturated carbocycles. The van der Waals surface area contributed by atoms with Gasteiger partial charge in [0, 0.05) is 40.9 Å². The second kappa shape index (κ2) is 6.96. The van der Waals surface area contributed by atoms with Crippen LogP contribution in [0.1, 0.15) is 6.92 Å². The third-order valence-electron chi connectivity index (χ3n) is 3.96. The summed E-state index contributed by atoms with van der Waals surface area (Å²) in [6.45, 7) is 1.70. The molecule has 0 unspecified atom stereocenters. The molecule has 0 aliphatic rings. The maximum Gasteiger partial charge on any atom is 0.251 e. The first-order chi connectivity index (χ1) is 12.3. The first-order valence-corrected chi connectivity index (χ1v) is 8.05. The lowest BCUT2D eigenvalue weighted by atomic mass is 9.97. The molecule has 134 valence electrons. The number of hydrogen-bond donors (Lipinski definition) is 0. The lowest BCUT2D eigenvalue weighted by Gasteiger charge is -2.18. The van der Waals surface area contributed by atoms with Gasteiger partial charge in [0.05, 0.1) is 11.3 Å². The molecule has 0 amide bonds. The summed E-state index contributed by atoms with van der Waals surface area (Å²) in [4.78, 5) is 12.2. The fourth-order valence-corrected chi connectivity index (χ4v) is 3.07. The van der Waals surface area contributed by atoms with Crippen molar-refractivity contribution in [3.8, 4) is 22.4 Å². The molecule has 1 aromatic heterocycles. The van der Waals surface area contributed by atoms with Crippen molar-refractivity contribution in [1.29, 1.82) is 0 Å². The van der Waals surface area contributed by atoms with Crippen molar-refractivity contribution >= 4 is 11.6 Å². The standard InChI is InChI=1S/C19H12ClF4NO/c1-2-25-17(26)6-4-12(13-7-10(21)3-5-14(13)20)19(25)18-15(23)8-11(22)9-16(18)24/h3-9H,2H2,1H3. The van der Waals surface area contributed by atoms with E-state index in [1.165, 1.54) is 18.2 Å². The van der Waals surface area contributed by atoms with Crippen LogP contribution in [0.25, 0.3) is 22.4 Å².